The fourth-order valence-corrected chi connectivity index (χ4v) is 7.13. The standard InChI is InChI=1S/C23H29N5O5S2/c29-21(24-12-17-4-3-11-33-17)13-28-22(19-14-34-15-20(19)26-28)25-23(30)16-5-7-18(8-6-16)35(31,32)27-9-1-2-10-27/h5-8,17H,1-4,9-15H2,(H,24,29)(H,25,30). The van der Waals surface area contributed by atoms with Gasteiger partial charge in [0.15, 0.2) is 0 Å². The number of carbonyl (C=O) groups excluding carboxylic acids is 2. The molecule has 2 aromatic rings. The van der Waals surface area contributed by atoms with Gasteiger partial charge in [-0.25, -0.2) is 13.1 Å². The highest BCUT2D eigenvalue weighted by atomic mass is 32.2. The summed E-state index contributed by atoms with van der Waals surface area (Å²) in [6, 6.07) is 5.97. The molecule has 1 atom stereocenters. The molecule has 35 heavy (non-hydrogen) atoms. The second-order valence-corrected chi connectivity index (χ2v) is 11.9. The summed E-state index contributed by atoms with van der Waals surface area (Å²) >= 11 is 1.70. The Morgan fingerprint density at radius 1 is 1.11 bits per heavy atom. The number of nitrogens with one attached hydrogen (secondary N) is 2. The third-order valence-corrected chi connectivity index (χ3v) is 9.40. The number of amides is 2. The summed E-state index contributed by atoms with van der Waals surface area (Å²) in [6.45, 7) is 2.24. The second kappa shape index (κ2) is 10.3. The Morgan fingerprint density at radius 3 is 2.60 bits per heavy atom. The van der Waals surface area contributed by atoms with Crippen LogP contribution in [-0.4, -0.2) is 66.7 Å². The molecule has 10 nitrogen and oxygen atoms in total. The highest BCUT2D eigenvalue weighted by molar-refractivity contribution is 7.98. The number of hydrogen-bond donors (Lipinski definition) is 2. The van der Waals surface area contributed by atoms with Crippen molar-refractivity contribution in [1.29, 1.82) is 0 Å². The van der Waals surface area contributed by atoms with Gasteiger partial charge in [-0.05, 0) is 49.9 Å². The topological polar surface area (TPSA) is 123 Å². The molecule has 2 saturated heterocycles. The third-order valence-electron chi connectivity index (χ3n) is 6.51. The van der Waals surface area contributed by atoms with Gasteiger partial charge in [0, 0.05) is 48.9 Å². The molecule has 0 aliphatic carbocycles. The molecule has 3 aliphatic rings. The van der Waals surface area contributed by atoms with Crippen molar-refractivity contribution in [1.82, 2.24) is 19.4 Å². The number of carbonyl (C=O) groups is 2. The van der Waals surface area contributed by atoms with Crippen LogP contribution < -0.4 is 10.6 Å². The highest BCUT2D eigenvalue weighted by Gasteiger charge is 2.28. The lowest BCUT2D eigenvalue weighted by molar-refractivity contribution is -0.122. The maximum Gasteiger partial charge on any atom is 0.256 e. The van der Waals surface area contributed by atoms with Crippen LogP contribution in [0.4, 0.5) is 5.82 Å². The van der Waals surface area contributed by atoms with Gasteiger partial charge >= 0.3 is 0 Å². The summed E-state index contributed by atoms with van der Waals surface area (Å²) in [4.78, 5) is 25.8. The quantitative estimate of drug-likeness (QED) is 0.547. The molecule has 4 heterocycles. The summed E-state index contributed by atoms with van der Waals surface area (Å²) in [5.74, 6) is 1.37. The molecule has 1 unspecified atom stereocenters. The Hall–Kier alpha value is -2.41. The predicted molar refractivity (Wildman–Crippen MR) is 132 cm³/mol. The maximum absolute atomic E-state index is 13.0. The number of sulfonamides is 1. The van der Waals surface area contributed by atoms with E-state index in [0.29, 0.717) is 36.8 Å². The zero-order chi connectivity index (χ0) is 24.4. The zero-order valence-electron chi connectivity index (χ0n) is 19.4. The lowest BCUT2D eigenvalue weighted by Crippen LogP contribution is -2.34. The van der Waals surface area contributed by atoms with E-state index in [9.17, 15) is 18.0 Å². The van der Waals surface area contributed by atoms with Crippen LogP contribution in [0.25, 0.3) is 0 Å². The van der Waals surface area contributed by atoms with Gasteiger partial charge in [-0.3, -0.25) is 9.59 Å². The van der Waals surface area contributed by atoms with Crippen LogP contribution in [0.15, 0.2) is 29.2 Å². The monoisotopic (exact) mass is 519 g/mol. The molecule has 0 radical (unpaired) electrons. The highest BCUT2D eigenvalue weighted by Crippen LogP contribution is 2.35. The van der Waals surface area contributed by atoms with Gasteiger partial charge < -0.3 is 15.4 Å². The van der Waals surface area contributed by atoms with Crippen LogP contribution in [0.5, 0.6) is 0 Å². The van der Waals surface area contributed by atoms with Crippen molar-refractivity contribution in [2.24, 2.45) is 0 Å². The largest absolute Gasteiger partial charge is 0.376 e. The number of aromatic nitrogens is 2. The van der Waals surface area contributed by atoms with Crippen molar-refractivity contribution in [2.75, 3.05) is 31.6 Å². The molecule has 2 amide bonds. The van der Waals surface area contributed by atoms with Gasteiger partial charge in [0.2, 0.25) is 15.9 Å². The lowest BCUT2D eigenvalue weighted by atomic mass is 10.2. The first-order valence-electron chi connectivity index (χ1n) is 11.9. The van der Waals surface area contributed by atoms with E-state index in [1.807, 2.05) is 0 Å². The molecule has 188 valence electrons. The number of benzene rings is 1. The molecule has 3 aliphatic heterocycles. The molecule has 2 fully saturated rings. The van der Waals surface area contributed by atoms with Crippen molar-refractivity contribution >= 4 is 39.4 Å². The number of nitrogens with zero attached hydrogens (tertiary/aromatic N) is 3. The molecular weight excluding hydrogens is 490 g/mol. The van der Waals surface area contributed by atoms with Crippen LogP contribution in [0.3, 0.4) is 0 Å². The Morgan fingerprint density at radius 2 is 1.89 bits per heavy atom. The van der Waals surface area contributed by atoms with Crippen molar-refractivity contribution in [3.8, 4) is 0 Å². The fraction of sp³-hybridized carbons (Fsp3) is 0.522. The van der Waals surface area contributed by atoms with Crippen molar-refractivity contribution in [3.63, 3.8) is 0 Å². The SMILES string of the molecule is O=C(Cn1nc2c(c1NC(=O)c1ccc(S(=O)(=O)N3CCCC3)cc1)CSC2)NCC1CCCO1. The summed E-state index contributed by atoms with van der Waals surface area (Å²) in [5.41, 5.74) is 2.12. The Kier molecular flexibility index (Phi) is 7.14. The minimum atomic E-state index is -3.54. The molecule has 5 rings (SSSR count). The third kappa shape index (κ3) is 5.25. The van der Waals surface area contributed by atoms with E-state index in [-0.39, 0.29) is 29.4 Å². The molecule has 12 heteroatoms. The number of fused-ring (bicyclic) bond motifs is 1. The van der Waals surface area contributed by atoms with Gasteiger partial charge in [-0.15, -0.1) is 0 Å². The number of rotatable bonds is 8. The zero-order valence-corrected chi connectivity index (χ0v) is 21.0. The van der Waals surface area contributed by atoms with E-state index < -0.39 is 10.0 Å². The van der Waals surface area contributed by atoms with Crippen molar-refractivity contribution in [3.05, 3.63) is 41.1 Å². The van der Waals surface area contributed by atoms with Crippen LogP contribution >= 0.6 is 11.8 Å². The summed E-state index contributed by atoms with van der Waals surface area (Å²) in [7, 11) is -3.54. The minimum Gasteiger partial charge on any atom is -0.376 e. The molecule has 0 saturated carbocycles. The predicted octanol–water partition coefficient (Wildman–Crippen LogP) is 1.96. The van der Waals surface area contributed by atoms with Gasteiger partial charge in [0.1, 0.15) is 12.4 Å². The smallest absolute Gasteiger partial charge is 0.256 e. The first-order chi connectivity index (χ1) is 16.9. The maximum atomic E-state index is 13.0. The van der Waals surface area contributed by atoms with Crippen molar-refractivity contribution in [2.45, 2.75) is 54.7 Å². The van der Waals surface area contributed by atoms with Crippen LogP contribution in [0, 0.1) is 0 Å². The van der Waals surface area contributed by atoms with E-state index in [1.54, 1.807) is 16.4 Å². The van der Waals surface area contributed by atoms with E-state index in [0.717, 1.165) is 49.3 Å². The molecule has 1 aromatic heterocycles. The Labute approximate surface area is 208 Å². The number of ether oxygens (including phenoxy) is 1. The Balaban J connectivity index is 1.27. The first kappa shape index (κ1) is 24.3. The number of hydrogen-bond acceptors (Lipinski definition) is 7. The normalized spacial score (nSPS) is 20.2. The number of thioether (sulfide) groups is 1. The van der Waals surface area contributed by atoms with Crippen LogP contribution in [-0.2, 0) is 37.6 Å². The molecule has 0 bridgehead atoms. The van der Waals surface area contributed by atoms with E-state index in [4.69, 9.17) is 4.74 Å². The van der Waals surface area contributed by atoms with Gasteiger partial charge in [0.05, 0.1) is 16.7 Å². The molecule has 1 aromatic carbocycles. The van der Waals surface area contributed by atoms with Crippen LogP contribution in [0.2, 0.25) is 0 Å². The minimum absolute atomic E-state index is 0.00693. The summed E-state index contributed by atoms with van der Waals surface area (Å²) < 4.78 is 34.1. The first-order valence-corrected chi connectivity index (χ1v) is 14.5. The van der Waals surface area contributed by atoms with E-state index >= 15 is 0 Å². The summed E-state index contributed by atoms with van der Waals surface area (Å²) in [5, 5.41) is 10.3. The molecular formula is C23H29N5O5S2. The van der Waals surface area contributed by atoms with Gasteiger partial charge in [-0.1, -0.05) is 0 Å². The number of anilines is 1. The van der Waals surface area contributed by atoms with Crippen LogP contribution in [0.1, 0.15) is 47.3 Å². The van der Waals surface area contributed by atoms with Gasteiger partial charge in [-0.2, -0.15) is 21.2 Å². The molecule has 2 N–H and O–H groups in total. The van der Waals surface area contributed by atoms with E-state index in [1.165, 1.54) is 28.6 Å². The fourth-order valence-electron chi connectivity index (χ4n) is 4.58. The summed E-state index contributed by atoms with van der Waals surface area (Å²) in [6.07, 6.45) is 3.72. The second-order valence-electron chi connectivity index (χ2n) is 8.95. The van der Waals surface area contributed by atoms with Crippen molar-refractivity contribution < 1.29 is 22.7 Å². The Bertz CT molecular complexity index is 1200. The van der Waals surface area contributed by atoms with E-state index in [2.05, 4.69) is 15.7 Å². The van der Waals surface area contributed by atoms with Gasteiger partial charge in [0.25, 0.3) is 5.91 Å². The average molecular weight is 520 g/mol. The molecule has 0 spiro atoms. The lowest BCUT2D eigenvalue weighted by Gasteiger charge is -2.16. The average Bonchev–Trinajstić information content (AvgIpc) is 3.65.